The van der Waals surface area contributed by atoms with E-state index in [2.05, 4.69) is 0 Å². The van der Waals surface area contributed by atoms with Crippen LogP contribution in [0, 0.1) is 10.1 Å². The van der Waals surface area contributed by atoms with Crippen molar-refractivity contribution >= 4 is 33.3 Å². The highest BCUT2D eigenvalue weighted by atomic mass is 16.6. The van der Waals surface area contributed by atoms with Crippen LogP contribution in [0.5, 0.6) is 0 Å². The van der Waals surface area contributed by atoms with Crippen LogP contribution in [0.3, 0.4) is 0 Å². The van der Waals surface area contributed by atoms with E-state index in [9.17, 15) is 20.3 Å². The number of aliphatic hydroxyl groups is 2. The third-order valence-corrected chi connectivity index (χ3v) is 4.38. The summed E-state index contributed by atoms with van der Waals surface area (Å²) in [5.74, 6) is 0. The quantitative estimate of drug-likeness (QED) is 0.410. The summed E-state index contributed by atoms with van der Waals surface area (Å²) < 4.78 is 0. The number of hydrogen-bond donors (Lipinski definition) is 2. The first-order valence-electron chi connectivity index (χ1n) is 7.25. The van der Waals surface area contributed by atoms with Crippen LogP contribution in [0.15, 0.2) is 48.5 Å². The highest BCUT2D eigenvalue weighted by Gasteiger charge is 2.30. The summed E-state index contributed by atoms with van der Waals surface area (Å²) in [6.07, 6.45) is 0.643. The van der Waals surface area contributed by atoms with Gasteiger partial charge in [0.25, 0.3) is 5.69 Å². The smallest absolute Gasteiger partial charge is 0.277 e. The number of rotatable bonds is 1. The van der Waals surface area contributed by atoms with Gasteiger partial charge in [-0.05, 0) is 27.6 Å². The summed E-state index contributed by atoms with van der Waals surface area (Å²) in [6, 6.07) is 12.9. The molecule has 0 saturated heterocycles. The van der Waals surface area contributed by atoms with Crippen LogP contribution in [-0.2, 0) is 0 Å². The zero-order chi connectivity index (χ0) is 16.1. The number of benzene rings is 3. The molecule has 5 heteroatoms. The van der Waals surface area contributed by atoms with Crippen LogP contribution in [0.2, 0.25) is 0 Å². The van der Waals surface area contributed by atoms with E-state index in [0.717, 1.165) is 16.2 Å². The highest BCUT2D eigenvalue weighted by Crippen LogP contribution is 2.41. The Bertz CT molecular complexity index is 993. The van der Waals surface area contributed by atoms with Crippen molar-refractivity contribution in [2.24, 2.45) is 0 Å². The standard InChI is InChI=1S/C18H13NO4/c20-16-8-7-13-15(19(22)23)9-14-11-4-2-1-3-10(11)5-6-12(14)17(13)18(16)21/h1-9,16,18,20-21H/t16-,18+/m1/s1. The molecule has 0 aromatic heterocycles. The third kappa shape index (κ3) is 1.94. The van der Waals surface area contributed by atoms with E-state index in [0.29, 0.717) is 16.5 Å². The van der Waals surface area contributed by atoms with Crippen molar-refractivity contribution in [1.82, 2.24) is 0 Å². The minimum atomic E-state index is -1.18. The van der Waals surface area contributed by atoms with Gasteiger partial charge in [-0.25, -0.2) is 0 Å². The first-order chi connectivity index (χ1) is 11.1. The minimum Gasteiger partial charge on any atom is -0.386 e. The van der Waals surface area contributed by atoms with E-state index in [1.54, 1.807) is 6.07 Å². The van der Waals surface area contributed by atoms with Gasteiger partial charge in [0.15, 0.2) is 0 Å². The van der Waals surface area contributed by atoms with Crippen molar-refractivity contribution in [2.75, 3.05) is 0 Å². The molecule has 0 heterocycles. The fourth-order valence-electron chi connectivity index (χ4n) is 3.30. The lowest BCUT2D eigenvalue weighted by Gasteiger charge is -2.24. The van der Waals surface area contributed by atoms with Gasteiger partial charge in [-0.3, -0.25) is 10.1 Å². The maximum atomic E-state index is 11.5. The minimum absolute atomic E-state index is 0.0638. The Morgan fingerprint density at radius 3 is 2.57 bits per heavy atom. The fraction of sp³-hybridized carbons (Fsp3) is 0.111. The first-order valence-corrected chi connectivity index (χ1v) is 7.25. The molecule has 3 aromatic rings. The topological polar surface area (TPSA) is 83.6 Å². The Balaban J connectivity index is 2.22. The number of nitro groups is 1. The molecule has 0 saturated carbocycles. The molecule has 0 aliphatic heterocycles. The monoisotopic (exact) mass is 307 g/mol. The lowest BCUT2D eigenvalue weighted by atomic mass is 9.86. The molecular formula is C18H13NO4. The van der Waals surface area contributed by atoms with Crippen LogP contribution in [-0.4, -0.2) is 21.2 Å². The second-order valence-electron chi connectivity index (χ2n) is 5.66. The molecule has 5 nitrogen and oxygen atoms in total. The van der Waals surface area contributed by atoms with Gasteiger partial charge in [0.2, 0.25) is 0 Å². The molecule has 0 fully saturated rings. The predicted octanol–water partition coefficient (Wildman–Crippen LogP) is 3.32. The molecule has 2 N–H and O–H groups in total. The van der Waals surface area contributed by atoms with E-state index in [1.807, 2.05) is 36.4 Å². The maximum absolute atomic E-state index is 11.5. The van der Waals surface area contributed by atoms with E-state index < -0.39 is 17.1 Å². The Hall–Kier alpha value is -2.76. The lowest BCUT2D eigenvalue weighted by molar-refractivity contribution is -0.385. The van der Waals surface area contributed by atoms with E-state index in [4.69, 9.17) is 0 Å². The molecule has 0 radical (unpaired) electrons. The molecule has 114 valence electrons. The van der Waals surface area contributed by atoms with Crippen molar-refractivity contribution in [3.8, 4) is 0 Å². The fourth-order valence-corrected chi connectivity index (χ4v) is 3.30. The van der Waals surface area contributed by atoms with Gasteiger partial charge in [-0.2, -0.15) is 0 Å². The van der Waals surface area contributed by atoms with E-state index >= 15 is 0 Å². The van der Waals surface area contributed by atoms with Gasteiger partial charge < -0.3 is 10.2 Å². The van der Waals surface area contributed by atoms with Crippen molar-refractivity contribution < 1.29 is 15.1 Å². The molecule has 3 aromatic carbocycles. The summed E-state index contributed by atoms with van der Waals surface area (Å²) in [6.45, 7) is 0. The molecule has 0 bridgehead atoms. The lowest BCUT2D eigenvalue weighted by Crippen LogP contribution is -2.20. The van der Waals surface area contributed by atoms with Gasteiger partial charge in [-0.15, -0.1) is 0 Å². The number of fused-ring (bicyclic) bond motifs is 5. The number of nitrogens with zero attached hydrogens (tertiary/aromatic N) is 1. The van der Waals surface area contributed by atoms with Crippen molar-refractivity contribution in [3.05, 3.63) is 69.8 Å². The first kappa shape index (κ1) is 13.9. The summed E-state index contributed by atoms with van der Waals surface area (Å²) in [5, 5.41) is 35.0. The largest absolute Gasteiger partial charge is 0.386 e. The average Bonchev–Trinajstić information content (AvgIpc) is 2.56. The van der Waals surface area contributed by atoms with Gasteiger partial charge in [0.1, 0.15) is 12.2 Å². The Kier molecular flexibility index (Phi) is 2.94. The average molecular weight is 307 g/mol. The highest BCUT2D eigenvalue weighted by molar-refractivity contribution is 6.10. The SMILES string of the molecule is O=[N+]([O-])c1cc2c(ccc3ccccc32)c2c1C=C[C@@H](O)[C@@H]2O. The predicted molar refractivity (Wildman–Crippen MR) is 88.1 cm³/mol. The molecule has 1 aliphatic rings. The summed E-state index contributed by atoms with van der Waals surface area (Å²) in [7, 11) is 0. The number of aliphatic hydroxyl groups excluding tert-OH is 2. The Morgan fingerprint density at radius 2 is 1.78 bits per heavy atom. The maximum Gasteiger partial charge on any atom is 0.277 e. The van der Waals surface area contributed by atoms with E-state index in [-0.39, 0.29) is 5.69 Å². The van der Waals surface area contributed by atoms with Crippen LogP contribution < -0.4 is 0 Å². The third-order valence-electron chi connectivity index (χ3n) is 4.38. The van der Waals surface area contributed by atoms with Gasteiger partial charge >= 0.3 is 0 Å². The van der Waals surface area contributed by atoms with Crippen LogP contribution in [0.4, 0.5) is 5.69 Å². The summed E-state index contributed by atoms with van der Waals surface area (Å²) in [5.41, 5.74) is 0.705. The Labute approximate surface area is 131 Å². The van der Waals surface area contributed by atoms with Gasteiger partial charge in [0.05, 0.1) is 10.5 Å². The zero-order valence-corrected chi connectivity index (χ0v) is 12.0. The van der Waals surface area contributed by atoms with Crippen LogP contribution >= 0.6 is 0 Å². The van der Waals surface area contributed by atoms with E-state index in [1.165, 1.54) is 12.2 Å². The second-order valence-corrected chi connectivity index (χ2v) is 5.66. The van der Waals surface area contributed by atoms with Crippen molar-refractivity contribution in [1.29, 1.82) is 0 Å². The van der Waals surface area contributed by atoms with Crippen LogP contribution in [0.1, 0.15) is 17.2 Å². The Morgan fingerprint density at radius 1 is 1.00 bits per heavy atom. The van der Waals surface area contributed by atoms with Gasteiger partial charge in [0, 0.05) is 11.6 Å². The normalized spacial score (nSPS) is 19.9. The van der Waals surface area contributed by atoms with Gasteiger partial charge in [-0.1, -0.05) is 42.5 Å². The van der Waals surface area contributed by atoms with Crippen molar-refractivity contribution in [2.45, 2.75) is 12.2 Å². The second kappa shape index (κ2) is 4.87. The molecule has 1 aliphatic carbocycles. The molecule has 23 heavy (non-hydrogen) atoms. The number of hydrogen-bond acceptors (Lipinski definition) is 4. The zero-order valence-electron chi connectivity index (χ0n) is 12.0. The summed E-state index contributed by atoms with van der Waals surface area (Å²) >= 11 is 0. The molecule has 0 spiro atoms. The molecule has 0 amide bonds. The van der Waals surface area contributed by atoms with Crippen LogP contribution in [0.25, 0.3) is 27.6 Å². The molecular weight excluding hydrogens is 294 g/mol. The molecule has 0 unspecified atom stereocenters. The molecule has 2 atom stereocenters. The molecule has 4 rings (SSSR count). The summed E-state index contributed by atoms with van der Waals surface area (Å²) in [4.78, 5) is 11.0. The number of nitro benzene ring substituents is 1. The van der Waals surface area contributed by atoms with Crippen molar-refractivity contribution in [3.63, 3.8) is 0 Å².